The number of hydrogen-bond acceptors (Lipinski definition) is 3. The zero-order valence-electron chi connectivity index (χ0n) is 8.20. The second-order valence-electron chi connectivity index (χ2n) is 3.72. The van der Waals surface area contributed by atoms with Crippen LogP contribution < -0.4 is 5.32 Å². The summed E-state index contributed by atoms with van der Waals surface area (Å²) in [4.78, 5) is 7.76. The number of nitrogens with zero attached hydrogens (tertiary/aromatic N) is 2. The molecule has 1 atom stereocenters. The summed E-state index contributed by atoms with van der Waals surface area (Å²) in [5.74, 6) is 0.897. The maximum absolute atomic E-state index is 12.5. The highest BCUT2D eigenvalue weighted by Crippen LogP contribution is 2.35. The van der Waals surface area contributed by atoms with E-state index in [1.807, 2.05) is 0 Å². The molecule has 4 heteroatoms. The average Bonchev–Trinajstić information content (AvgIpc) is 3.01. The maximum Gasteiger partial charge on any atom is 0.223 e. The Bertz CT molecular complexity index is 295. The molecule has 1 aliphatic rings. The summed E-state index contributed by atoms with van der Waals surface area (Å²) in [6.07, 6.45) is 6.01. The molecule has 1 N–H and O–H groups in total. The predicted molar refractivity (Wildman–Crippen MR) is 52.4 cm³/mol. The number of hydrogen-bond donors (Lipinski definition) is 1. The monoisotopic (exact) mass is 195 g/mol. The fourth-order valence-electron chi connectivity index (χ4n) is 1.60. The Balaban J connectivity index is 1.98. The quantitative estimate of drug-likeness (QED) is 0.800. The lowest BCUT2D eigenvalue weighted by Crippen LogP contribution is -2.22. The molecule has 76 valence electrons. The van der Waals surface area contributed by atoms with Gasteiger partial charge in [-0.15, -0.1) is 0 Å². The fraction of sp³-hybridized carbons (Fsp3) is 0.600. The summed E-state index contributed by atoms with van der Waals surface area (Å²) in [5, 5.41) is 3.23. The average molecular weight is 195 g/mol. The highest BCUT2D eigenvalue weighted by Gasteiger charge is 2.30. The molecule has 1 aromatic rings. The van der Waals surface area contributed by atoms with Crippen LogP contribution in [0.1, 0.15) is 26.2 Å². The zero-order chi connectivity index (χ0) is 9.97. The smallest absolute Gasteiger partial charge is 0.223 e. The minimum Gasteiger partial charge on any atom is -0.351 e. The summed E-state index contributed by atoms with van der Waals surface area (Å²) in [5.41, 5.74) is 0. The summed E-state index contributed by atoms with van der Waals surface area (Å²) >= 11 is 0. The molecule has 1 heterocycles. The van der Waals surface area contributed by atoms with Gasteiger partial charge in [0, 0.05) is 6.04 Å². The van der Waals surface area contributed by atoms with Gasteiger partial charge in [-0.1, -0.05) is 6.92 Å². The van der Waals surface area contributed by atoms with Gasteiger partial charge in [0.05, 0.1) is 12.4 Å². The zero-order valence-corrected chi connectivity index (χ0v) is 8.20. The highest BCUT2D eigenvalue weighted by molar-refractivity contribution is 5.25. The molecule has 1 unspecified atom stereocenters. The van der Waals surface area contributed by atoms with Crippen LogP contribution in [0.5, 0.6) is 0 Å². The van der Waals surface area contributed by atoms with Crippen molar-refractivity contribution >= 4 is 5.95 Å². The van der Waals surface area contributed by atoms with Crippen molar-refractivity contribution in [3.63, 3.8) is 0 Å². The molecule has 0 aliphatic heterocycles. The van der Waals surface area contributed by atoms with E-state index in [4.69, 9.17) is 0 Å². The molecule has 1 aliphatic carbocycles. The third kappa shape index (κ3) is 2.19. The summed E-state index contributed by atoms with van der Waals surface area (Å²) in [6.45, 7) is 2.14. The third-order valence-electron chi connectivity index (χ3n) is 2.57. The van der Waals surface area contributed by atoms with Crippen LogP contribution in [0.3, 0.4) is 0 Å². The lowest BCUT2D eigenvalue weighted by molar-refractivity contribution is 0.598. The van der Waals surface area contributed by atoms with Crippen molar-refractivity contribution in [3.05, 3.63) is 18.2 Å². The standard InChI is InChI=1S/C10H14FN3/c1-2-9(7-3-4-7)14-10-12-5-8(11)6-13-10/h5-7,9H,2-4H2,1H3,(H,12,13,14). The first-order chi connectivity index (χ1) is 6.79. The molecule has 0 radical (unpaired) electrons. The van der Waals surface area contributed by atoms with Crippen molar-refractivity contribution in [2.45, 2.75) is 32.2 Å². The Morgan fingerprint density at radius 1 is 1.50 bits per heavy atom. The Kier molecular flexibility index (Phi) is 2.61. The van der Waals surface area contributed by atoms with E-state index in [2.05, 4.69) is 22.2 Å². The Labute approximate surface area is 82.8 Å². The Morgan fingerprint density at radius 2 is 2.14 bits per heavy atom. The van der Waals surface area contributed by atoms with Crippen molar-refractivity contribution < 1.29 is 4.39 Å². The van der Waals surface area contributed by atoms with Crippen molar-refractivity contribution in [2.75, 3.05) is 5.32 Å². The number of rotatable bonds is 4. The van der Waals surface area contributed by atoms with Crippen LogP contribution in [0.4, 0.5) is 10.3 Å². The molecular weight excluding hydrogens is 181 g/mol. The van der Waals surface area contributed by atoms with E-state index in [1.54, 1.807) is 0 Å². The van der Waals surface area contributed by atoms with E-state index in [0.29, 0.717) is 12.0 Å². The second kappa shape index (κ2) is 3.90. The van der Waals surface area contributed by atoms with Crippen LogP contribution in [0.2, 0.25) is 0 Å². The molecule has 0 spiro atoms. The third-order valence-corrected chi connectivity index (χ3v) is 2.57. The van der Waals surface area contributed by atoms with Gasteiger partial charge in [-0.05, 0) is 25.2 Å². The summed E-state index contributed by atoms with van der Waals surface area (Å²) < 4.78 is 12.5. The number of anilines is 1. The Morgan fingerprint density at radius 3 is 2.64 bits per heavy atom. The normalized spacial score (nSPS) is 17.9. The first-order valence-corrected chi connectivity index (χ1v) is 5.03. The molecule has 0 aromatic carbocycles. The van der Waals surface area contributed by atoms with E-state index in [0.717, 1.165) is 12.3 Å². The first-order valence-electron chi connectivity index (χ1n) is 5.03. The molecule has 0 saturated heterocycles. The van der Waals surface area contributed by atoms with Crippen molar-refractivity contribution in [2.24, 2.45) is 5.92 Å². The fourth-order valence-corrected chi connectivity index (χ4v) is 1.60. The topological polar surface area (TPSA) is 37.8 Å². The van der Waals surface area contributed by atoms with E-state index in [-0.39, 0.29) is 0 Å². The molecule has 14 heavy (non-hydrogen) atoms. The van der Waals surface area contributed by atoms with Crippen LogP contribution >= 0.6 is 0 Å². The lowest BCUT2D eigenvalue weighted by atomic mass is 10.1. The summed E-state index contributed by atoms with van der Waals surface area (Å²) in [7, 11) is 0. The van der Waals surface area contributed by atoms with Crippen LogP contribution in [0.25, 0.3) is 0 Å². The molecular formula is C10H14FN3. The van der Waals surface area contributed by atoms with Crippen LogP contribution in [0.15, 0.2) is 12.4 Å². The van der Waals surface area contributed by atoms with Gasteiger partial charge in [-0.2, -0.15) is 0 Å². The molecule has 0 bridgehead atoms. The minimum atomic E-state index is -0.393. The predicted octanol–water partition coefficient (Wildman–Crippen LogP) is 2.22. The largest absolute Gasteiger partial charge is 0.351 e. The van der Waals surface area contributed by atoms with Crippen LogP contribution in [-0.2, 0) is 0 Å². The van der Waals surface area contributed by atoms with Gasteiger partial charge in [0.15, 0.2) is 5.82 Å². The molecule has 0 amide bonds. The van der Waals surface area contributed by atoms with Crippen LogP contribution in [0, 0.1) is 11.7 Å². The van der Waals surface area contributed by atoms with Gasteiger partial charge in [-0.3, -0.25) is 0 Å². The molecule has 2 rings (SSSR count). The number of aromatic nitrogens is 2. The Hall–Kier alpha value is -1.19. The maximum atomic E-state index is 12.5. The van der Waals surface area contributed by atoms with E-state index in [1.165, 1.54) is 25.2 Å². The van der Waals surface area contributed by atoms with Crippen molar-refractivity contribution in [1.82, 2.24) is 9.97 Å². The lowest BCUT2D eigenvalue weighted by Gasteiger charge is -2.15. The van der Waals surface area contributed by atoms with Gasteiger partial charge in [-0.25, -0.2) is 14.4 Å². The van der Waals surface area contributed by atoms with Gasteiger partial charge >= 0.3 is 0 Å². The molecule has 3 nitrogen and oxygen atoms in total. The van der Waals surface area contributed by atoms with Gasteiger partial charge in [0.25, 0.3) is 0 Å². The second-order valence-corrected chi connectivity index (χ2v) is 3.72. The number of nitrogens with one attached hydrogen (secondary N) is 1. The van der Waals surface area contributed by atoms with Gasteiger partial charge < -0.3 is 5.32 Å². The highest BCUT2D eigenvalue weighted by atomic mass is 19.1. The van der Waals surface area contributed by atoms with E-state index in [9.17, 15) is 4.39 Å². The van der Waals surface area contributed by atoms with Crippen LogP contribution in [-0.4, -0.2) is 16.0 Å². The van der Waals surface area contributed by atoms with E-state index >= 15 is 0 Å². The molecule has 1 fully saturated rings. The SMILES string of the molecule is CCC(Nc1ncc(F)cn1)C1CC1. The summed E-state index contributed by atoms with van der Waals surface area (Å²) in [6, 6.07) is 0.445. The first kappa shape index (κ1) is 9.37. The van der Waals surface area contributed by atoms with Gasteiger partial charge in [0.1, 0.15) is 0 Å². The van der Waals surface area contributed by atoms with Crippen molar-refractivity contribution in [3.8, 4) is 0 Å². The minimum absolute atomic E-state index is 0.393. The molecule has 1 aromatic heterocycles. The molecule has 1 saturated carbocycles. The number of halogens is 1. The van der Waals surface area contributed by atoms with Gasteiger partial charge in [0.2, 0.25) is 5.95 Å². The van der Waals surface area contributed by atoms with Crippen molar-refractivity contribution in [1.29, 1.82) is 0 Å². The van der Waals surface area contributed by atoms with E-state index < -0.39 is 5.82 Å².